The van der Waals surface area contributed by atoms with Crippen molar-refractivity contribution in [1.82, 2.24) is 10.2 Å². The summed E-state index contributed by atoms with van der Waals surface area (Å²) in [6.45, 7) is 9.48. The van der Waals surface area contributed by atoms with Gasteiger partial charge in [-0.15, -0.1) is 0 Å². The molecule has 0 aliphatic carbocycles. The minimum Gasteiger partial charge on any atom is -0.365 e. The Hall–Kier alpha value is -1.26. The van der Waals surface area contributed by atoms with Crippen LogP contribution in [0.1, 0.15) is 26.3 Å². The third-order valence-electron chi connectivity index (χ3n) is 3.55. The van der Waals surface area contributed by atoms with Gasteiger partial charge in [-0.1, -0.05) is 24.6 Å². The van der Waals surface area contributed by atoms with E-state index in [0.29, 0.717) is 13.1 Å². The molecule has 5 heteroatoms. The number of amides is 1. The summed E-state index contributed by atoms with van der Waals surface area (Å²) in [6.07, 6.45) is 0. The molecule has 118 valence electrons. The van der Waals surface area contributed by atoms with Gasteiger partial charge in [0.1, 0.15) is 0 Å². The summed E-state index contributed by atoms with van der Waals surface area (Å²) in [5.74, 6) is 0.136. The number of carbonyl (C=O) groups is 1. The van der Waals surface area contributed by atoms with E-state index >= 15 is 0 Å². The van der Waals surface area contributed by atoms with Gasteiger partial charge in [0.25, 0.3) is 0 Å². The molecule has 0 fully saturated rings. The molecule has 0 radical (unpaired) electrons. The van der Waals surface area contributed by atoms with Crippen LogP contribution in [0, 0.1) is 0 Å². The first-order valence-electron chi connectivity index (χ1n) is 7.52. The molecule has 1 rings (SSSR count). The van der Waals surface area contributed by atoms with Crippen LogP contribution in [0.25, 0.3) is 0 Å². The fraction of sp³-hybridized carbons (Fsp3) is 0.562. The number of hydrogen-bond acceptors (Lipinski definition) is 3. The molecule has 0 aromatic heterocycles. The zero-order valence-corrected chi connectivity index (χ0v) is 14.2. The second kappa shape index (κ2) is 8.90. The molecule has 1 aromatic rings. The maximum Gasteiger partial charge on any atom is 0.242 e. The largest absolute Gasteiger partial charge is 0.365 e. The summed E-state index contributed by atoms with van der Waals surface area (Å²) >= 11 is 6.30. The van der Waals surface area contributed by atoms with E-state index in [1.807, 2.05) is 48.9 Å². The van der Waals surface area contributed by atoms with Gasteiger partial charge in [-0.05, 0) is 32.5 Å². The SMILES string of the molecule is CCNCc1c(Cl)cccc1N(C)CC(=O)N(CC)CC. The minimum atomic E-state index is 0.136. The number of benzene rings is 1. The highest BCUT2D eigenvalue weighted by Gasteiger charge is 2.16. The van der Waals surface area contributed by atoms with Crippen LogP contribution in [-0.2, 0) is 11.3 Å². The Labute approximate surface area is 133 Å². The van der Waals surface area contributed by atoms with E-state index in [2.05, 4.69) is 12.2 Å². The Kier molecular flexibility index (Phi) is 7.54. The number of halogens is 1. The molecule has 1 aromatic carbocycles. The number of carbonyl (C=O) groups excluding carboxylic acids is 1. The number of nitrogens with one attached hydrogen (secondary N) is 1. The normalized spacial score (nSPS) is 10.5. The topological polar surface area (TPSA) is 35.6 Å². The minimum absolute atomic E-state index is 0.136. The number of nitrogens with zero attached hydrogens (tertiary/aromatic N) is 2. The van der Waals surface area contributed by atoms with Gasteiger partial charge in [-0.25, -0.2) is 0 Å². The molecule has 1 amide bonds. The van der Waals surface area contributed by atoms with Crippen LogP contribution in [0.5, 0.6) is 0 Å². The number of hydrogen-bond donors (Lipinski definition) is 1. The first-order valence-corrected chi connectivity index (χ1v) is 7.89. The molecule has 0 heterocycles. The molecular formula is C16H26ClN3O. The molecule has 0 atom stereocenters. The molecule has 0 unspecified atom stereocenters. The van der Waals surface area contributed by atoms with Crippen LogP contribution in [0.4, 0.5) is 5.69 Å². The van der Waals surface area contributed by atoms with Gasteiger partial charge < -0.3 is 15.1 Å². The predicted molar refractivity (Wildman–Crippen MR) is 90.0 cm³/mol. The lowest BCUT2D eigenvalue weighted by molar-refractivity contribution is -0.129. The Balaban J connectivity index is 2.88. The van der Waals surface area contributed by atoms with Gasteiger partial charge in [0.2, 0.25) is 5.91 Å². The summed E-state index contributed by atoms with van der Waals surface area (Å²) in [7, 11) is 1.93. The van der Waals surface area contributed by atoms with Crippen molar-refractivity contribution in [2.24, 2.45) is 0 Å². The standard InChI is InChI=1S/C16H26ClN3O/c1-5-18-11-13-14(17)9-8-10-15(13)19(4)12-16(21)20(6-2)7-3/h8-10,18H,5-7,11-12H2,1-4H3. The summed E-state index contributed by atoms with van der Waals surface area (Å²) < 4.78 is 0. The molecule has 0 saturated heterocycles. The molecule has 0 saturated carbocycles. The first-order chi connectivity index (χ1) is 10.0. The molecule has 1 N–H and O–H groups in total. The second-order valence-corrected chi connectivity index (χ2v) is 5.35. The van der Waals surface area contributed by atoms with E-state index in [-0.39, 0.29) is 5.91 Å². The maximum absolute atomic E-state index is 12.2. The molecule has 0 aliphatic heterocycles. The number of rotatable bonds is 8. The fourth-order valence-corrected chi connectivity index (χ4v) is 2.53. The Morgan fingerprint density at radius 2 is 1.90 bits per heavy atom. The summed E-state index contributed by atoms with van der Waals surface area (Å²) in [5, 5.41) is 4.02. The lowest BCUT2D eigenvalue weighted by Crippen LogP contribution is -2.39. The molecule has 0 spiro atoms. The van der Waals surface area contributed by atoms with Crippen molar-refractivity contribution in [2.45, 2.75) is 27.3 Å². The zero-order chi connectivity index (χ0) is 15.8. The zero-order valence-electron chi connectivity index (χ0n) is 13.4. The van der Waals surface area contributed by atoms with Crippen molar-refractivity contribution in [3.63, 3.8) is 0 Å². The van der Waals surface area contributed by atoms with Crippen molar-refractivity contribution in [3.8, 4) is 0 Å². The fourth-order valence-electron chi connectivity index (χ4n) is 2.29. The van der Waals surface area contributed by atoms with Gasteiger partial charge >= 0.3 is 0 Å². The number of anilines is 1. The lowest BCUT2D eigenvalue weighted by Gasteiger charge is -2.26. The van der Waals surface area contributed by atoms with Crippen LogP contribution in [-0.4, -0.2) is 44.0 Å². The Morgan fingerprint density at radius 1 is 1.24 bits per heavy atom. The van der Waals surface area contributed by atoms with Crippen molar-refractivity contribution < 1.29 is 4.79 Å². The van der Waals surface area contributed by atoms with E-state index in [0.717, 1.165) is 35.9 Å². The van der Waals surface area contributed by atoms with Crippen LogP contribution >= 0.6 is 11.6 Å². The monoisotopic (exact) mass is 311 g/mol. The van der Waals surface area contributed by atoms with Crippen molar-refractivity contribution in [2.75, 3.05) is 38.1 Å². The van der Waals surface area contributed by atoms with E-state index in [4.69, 9.17) is 11.6 Å². The molecular weight excluding hydrogens is 286 g/mol. The highest BCUT2D eigenvalue weighted by Crippen LogP contribution is 2.26. The second-order valence-electron chi connectivity index (χ2n) is 4.94. The third kappa shape index (κ3) is 4.90. The van der Waals surface area contributed by atoms with Gasteiger partial charge in [0.05, 0.1) is 6.54 Å². The van der Waals surface area contributed by atoms with E-state index in [9.17, 15) is 4.79 Å². The molecule has 4 nitrogen and oxygen atoms in total. The molecule has 0 bridgehead atoms. The van der Waals surface area contributed by atoms with Crippen molar-refractivity contribution >= 4 is 23.2 Å². The Bertz CT molecular complexity index is 461. The van der Waals surface area contributed by atoms with Gasteiger partial charge in [0, 0.05) is 43.0 Å². The van der Waals surface area contributed by atoms with Crippen LogP contribution in [0.3, 0.4) is 0 Å². The van der Waals surface area contributed by atoms with E-state index in [1.54, 1.807) is 0 Å². The van der Waals surface area contributed by atoms with Crippen molar-refractivity contribution in [3.05, 3.63) is 28.8 Å². The third-order valence-corrected chi connectivity index (χ3v) is 3.90. The van der Waals surface area contributed by atoms with Crippen LogP contribution in [0.15, 0.2) is 18.2 Å². The molecule has 21 heavy (non-hydrogen) atoms. The summed E-state index contributed by atoms with van der Waals surface area (Å²) in [4.78, 5) is 16.0. The predicted octanol–water partition coefficient (Wildman–Crippen LogP) is 2.75. The van der Waals surface area contributed by atoms with Crippen molar-refractivity contribution in [1.29, 1.82) is 0 Å². The van der Waals surface area contributed by atoms with E-state index < -0.39 is 0 Å². The summed E-state index contributed by atoms with van der Waals surface area (Å²) in [5.41, 5.74) is 2.04. The summed E-state index contributed by atoms with van der Waals surface area (Å²) in [6, 6.07) is 5.82. The van der Waals surface area contributed by atoms with E-state index in [1.165, 1.54) is 0 Å². The number of likely N-dealkylation sites (N-methyl/N-ethyl adjacent to an activating group) is 2. The highest BCUT2D eigenvalue weighted by atomic mass is 35.5. The molecule has 0 aliphatic rings. The quantitative estimate of drug-likeness (QED) is 0.802. The average molecular weight is 312 g/mol. The average Bonchev–Trinajstić information content (AvgIpc) is 2.47. The highest BCUT2D eigenvalue weighted by molar-refractivity contribution is 6.31. The van der Waals surface area contributed by atoms with Crippen LogP contribution < -0.4 is 10.2 Å². The smallest absolute Gasteiger partial charge is 0.242 e. The van der Waals surface area contributed by atoms with Gasteiger partial charge in [-0.3, -0.25) is 4.79 Å². The lowest BCUT2D eigenvalue weighted by atomic mass is 10.1. The van der Waals surface area contributed by atoms with Gasteiger partial charge in [0.15, 0.2) is 0 Å². The van der Waals surface area contributed by atoms with Crippen LogP contribution in [0.2, 0.25) is 5.02 Å². The van der Waals surface area contributed by atoms with Gasteiger partial charge in [-0.2, -0.15) is 0 Å². The Morgan fingerprint density at radius 3 is 2.48 bits per heavy atom. The first kappa shape index (κ1) is 17.8. The maximum atomic E-state index is 12.2.